The Balaban J connectivity index is 2.04. The van der Waals surface area contributed by atoms with Gasteiger partial charge in [0, 0.05) is 13.1 Å². The average Bonchev–Trinajstić information content (AvgIpc) is 2.46. The van der Waals surface area contributed by atoms with Gasteiger partial charge in [0.25, 0.3) is 0 Å². The van der Waals surface area contributed by atoms with Crippen LogP contribution in [0, 0.1) is 11.8 Å². The van der Waals surface area contributed by atoms with Crippen LogP contribution in [0.1, 0.15) is 20.3 Å². The van der Waals surface area contributed by atoms with Crippen LogP contribution in [0.4, 0.5) is 18.9 Å². The number of rotatable bonds is 2. The monoisotopic (exact) mass is 357 g/mol. The van der Waals surface area contributed by atoms with E-state index in [1.54, 1.807) is 0 Å². The first kappa shape index (κ1) is 18.9. The number of likely N-dealkylation sites (tertiary alicyclic amines) is 1. The van der Waals surface area contributed by atoms with Crippen molar-refractivity contribution in [3.63, 3.8) is 0 Å². The molecule has 0 radical (unpaired) electrons. The van der Waals surface area contributed by atoms with Crippen LogP contribution in [0.25, 0.3) is 0 Å². The molecule has 4 N–H and O–H groups in total. The van der Waals surface area contributed by atoms with E-state index in [0.29, 0.717) is 17.5 Å². The Morgan fingerprint density at radius 3 is 2.20 bits per heavy atom. The molecule has 0 aromatic heterocycles. The fourth-order valence-corrected chi connectivity index (χ4v) is 2.92. The highest BCUT2D eigenvalue weighted by atomic mass is 19.4. The molecule has 1 fully saturated rings. The van der Waals surface area contributed by atoms with Crippen LogP contribution in [-0.2, 0) is 0 Å². The van der Waals surface area contributed by atoms with Crippen LogP contribution in [0.3, 0.4) is 0 Å². The largest absolute Gasteiger partial charge is 0.573 e. The highest BCUT2D eigenvalue weighted by Crippen LogP contribution is 2.25. The van der Waals surface area contributed by atoms with Crippen LogP contribution >= 0.6 is 0 Å². The second-order valence-electron chi connectivity index (χ2n) is 6.33. The summed E-state index contributed by atoms with van der Waals surface area (Å²) in [4.78, 5) is 10.1. The Labute approximate surface area is 144 Å². The predicted molar refractivity (Wildman–Crippen MR) is 90.5 cm³/mol. The van der Waals surface area contributed by atoms with Crippen molar-refractivity contribution in [3.8, 4) is 5.75 Å². The summed E-state index contributed by atoms with van der Waals surface area (Å²) in [5.41, 5.74) is 12.1. The molecular weight excluding hydrogens is 335 g/mol. The third-order valence-corrected chi connectivity index (χ3v) is 3.74. The van der Waals surface area contributed by atoms with E-state index in [9.17, 15) is 13.2 Å². The zero-order chi connectivity index (χ0) is 18.6. The van der Waals surface area contributed by atoms with Crippen molar-refractivity contribution in [2.24, 2.45) is 33.3 Å². The molecule has 1 saturated heterocycles. The minimum Gasteiger partial charge on any atom is -0.406 e. The van der Waals surface area contributed by atoms with Crippen LogP contribution in [-0.4, -0.2) is 36.3 Å². The molecule has 1 aromatic rings. The molecule has 0 aliphatic carbocycles. The lowest BCUT2D eigenvalue weighted by Gasteiger charge is -2.35. The van der Waals surface area contributed by atoms with Crippen LogP contribution in [0.15, 0.2) is 34.3 Å². The standard InChI is InChI=1S/C16H22F3N5O/c1-10-7-11(2)9-24(8-10)15(21)23-14(20)22-12-3-5-13(6-4-12)25-16(17,18)19/h3-6,10-11H,7-9H2,1-2H3,(H4,20,21,22,23). The maximum atomic E-state index is 12.1. The normalized spacial score (nSPS) is 22.8. The number of halogens is 3. The van der Waals surface area contributed by atoms with Crippen molar-refractivity contribution in [2.75, 3.05) is 13.1 Å². The second-order valence-corrected chi connectivity index (χ2v) is 6.33. The molecule has 0 amide bonds. The van der Waals surface area contributed by atoms with Gasteiger partial charge in [-0.3, -0.25) is 0 Å². The average molecular weight is 357 g/mol. The second kappa shape index (κ2) is 7.62. The molecule has 9 heteroatoms. The van der Waals surface area contributed by atoms with Gasteiger partial charge >= 0.3 is 6.36 Å². The lowest BCUT2D eigenvalue weighted by molar-refractivity contribution is -0.274. The Bertz CT molecular complexity index is 632. The fraction of sp³-hybridized carbons (Fsp3) is 0.500. The summed E-state index contributed by atoms with van der Waals surface area (Å²) in [5.74, 6) is 0.919. The van der Waals surface area contributed by atoms with Gasteiger partial charge in [0.05, 0.1) is 5.69 Å². The summed E-state index contributed by atoms with van der Waals surface area (Å²) in [6, 6.07) is 5.01. The van der Waals surface area contributed by atoms with Gasteiger partial charge in [-0.1, -0.05) is 13.8 Å². The molecule has 0 saturated carbocycles. The van der Waals surface area contributed by atoms with Gasteiger partial charge in [0.2, 0.25) is 5.96 Å². The zero-order valence-corrected chi connectivity index (χ0v) is 14.1. The first-order valence-electron chi connectivity index (χ1n) is 7.91. The summed E-state index contributed by atoms with van der Waals surface area (Å²) in [6.45, 7) is 5.91. The summed E-state index contributed by atoms with van der Waals surface area (Å²) in [7, 11) is 0. The minimum atomic E-state index is -4.73. The van der Waals surface area contributed by atoms with E-state index in [1.807, 2.05) is 4.90 Å². The quantitative estimate of drug-likeness (QED) is 0.629. The molecule has 1 aliphatic rings. The fourth-order valence-electron chi connectivity index (χ4n) is 2.92. The number of alkyl halides is 3. The van der Waals surface area contributed by atoms with E-state index in [2.05, 4.69) is 28.6 Å². The SMILES string of the molecule is CC1CC(C)CN(/C(N)=N/C(N)=Nc2ccc(OC(F)(F)F)cc2)C1. The smallest absolute Gasteiger partial charge is 0.406 e. The van der Waals surface area contributed by atoms with Crippen molar-refractivity contribution in [3.05, 3.63) is 24.3 Å². The summed E-state index contributed by atoms with van der Waals surface area (Å²) < 4.78 is 40.2. The number of hydrogen-bond donors (Lipinski definition) is 2. The van der Waals surface area contributed by atoms with Crippen molar-refractivity contribution in [1.29, 1.82) is 0 Å². The maximum Gasteiger partial charge on any atom is 0.573 e. The summed E-state index contributed by atoms with van der Waals surface area (Å²) >= 11 is 0. The van der Waals surface area contributed by atoms with E-state index < -0.39 is 6.36 Å². The molecule has 2 rings (SSSR count). The van der Waals surface area contributed by atoms with E-state index in [-0.39, 0.29) is 17.7 Å². The first-order chi connectivity index (χ1) is 11.6. The van der Waals surface area contributed by atoms with Crippen LogP contribution < -0.4 is 16.2 Å². The molecule has 0 spiro atoms. The molecule has 1 aromatic carbocycles. The lowest BCUT2D eigenvalue weighted by Crippen LogP contribution is -2.46. The van der Waals surface area contributed by atoms with E-state index >= 15 is 0 Å². The molecule has 138 valence electrons. The number of benzene rings is 1. The molecule has 1 heterocycles. The highest BCUT2D eigenvalue weighted by molar-refractivity contribution is 5.94. The van der Waals surface area contributed by atoms with Gasteiger partial charge in [-0.2, -0.15) is 4.99 Å². The third-order valence-electron chi connectivity index (χ3n) is 3.74. The van der Waals surface area contributed by atoms with E-state index in [0.717, 1.165) is 31.6 Å². The van der Waals surface area contributed by atoms with Gasteiger partial charge in [-0.25, -0.2) is 4.99 Å². The molecule has 1 aliphatic heterocycles. The van der Waals surface area contributed by atoms with Crippen molar-refractivity contribution < 1.29 is 17.9 Å². The lowest BCUT2D eigenvalue weighted by atomic mass is 9.92. The molecule has 2 unspecified atom stereocenters. The van der Waals surface area contributed by atoms with Crippen molar-refractivity contribution >= 4 is 17.6 Å². The number of guanidine groups is 2. The van der Waals surface area contributed by atoms with E-state index in [4.69, 9.17) is 11.5 Å². The number of aliphatic imine (C=N–C) groups is 2. The highest BCUT2D eigenvalue weighted by Gasteiger charge is 2.31. The van der Waals surface area contributed by atoms with Gasteiger partial charge in [0.1, 0.15) is 5.75 Å². The van der Waals surface area contributed by atoms with Crippen molar-refractivity contribution in [2.45, 2.75) is 26.6 Å². The van der Waals surface area contributed by atoms with Gasteiger partial charge in [-0.15, -0.1) is 13.2 Å². The zero-order valence-electron chi connectivity index (χ0n) is 14.1. The topological polar surface area (TPSA) is 89.2 Å². The summed E-state index contributed by atoms with van der Waals surface area (Å²) in [6.07, 6.45) is -3.59. The van der Waals surface area contributed by atoms with Crippen molar-refractivity contribution in [1.82, 2.24) is 4.90 Å². The number of nitrogens with zero attached hydrogens (tertiary/aromatic N) is 3. The Kier molecular flexibility index (Phi) is 5.76. The predicted octanol–water partition coefficient (Wildman–Crippen LogP) is 2.82. The van der Waals surface area contributed by atoms with Gasteiger partial charge in [0.15, 0.2) is 5.96 Å². The molecule has 25 heavy (non-hydrogen) atoms. The maximum absolute atomic E-state index is 12.1. The molecule has 2 atom stereocenters. The van der Waals surface area contributed by atoms with Gasteiger partial charge < -0.3 is 21.1 Å². The van der Waals surface area contributed by atoms with Gasteiger partial charge in [-0.05, 0) is 42.5 Å². The molecule has 6 nitrogen and oxygen atoms in total. The number of piperidine rings is 1. The number of ether oxygens (including phenoxy) is 1. The van der Waals surface area contributed by atoms with E-state index in [1.165, 1.54) is 12.1 Å². The third kappa shape index (κ3) is 6.17. The minimum absolute atomic E-state index is 0.0622. The van der Waals surface area contributed by atoms with Crippen LogP contribution in [0.5, 0.6) is 5.75 Å². The Hall–Kier alpha value is -2.45. The van der Waals surface area contributed by atoms with Crippen LogP contribution in [0.2, 0.25) is 0 Å². The first-order valence-corrected chi connectivity index (χ1v) is 7.91. The molecule has 0 bridgehead atoms. The number of hydrogen-bond acceptors (Lipinski definition) is 2. The summed E-state index contributed by atoms with van der Waals surface area (Å²) in [5, 5.41) is 0. The number of nitrogens with two attached hydrogens (primary N) is 2. The Morgan fingerprint density at radius 2 is 1.68 bits per heavy atom. The Morgan fingerprint density at radius 1 is 1.12 bits per heavy atom. The molecular formula is C16H22F3N5O.